The molecule has 7 nitrogen and oxygen atoms in total. The minimum absolute atomic E-state index is 0.0661. The molecule has 2 heterocycles. The monoisotopic (exact) mass is 494 g/mol. The lowest BCUT2D eigenvalue weighted by molar-refractivity contribution is -0.143. The third kappa shape index (κ3) is 5.05. The van der Waals surface area contributed by atoms with E-state index in [0.717, 1.165) is 17.0 Å². The number of halogens is 7. The van der Waals surface area contributed by atoms with Gasteiger partial charge in [0, 0.05) is 12.1 Å². The maximum Gasteiger partial charge on any atom is 0.416 e. The standard InChI is InChI=1S/C20H17F7N4O3/c1-3-30(16-5-4-14(21)10(2)29-16)17(32)8-12-13(20(25,26)27)6-11(19(22,23)24)7-15(12)31-18(33)28-9-34-31/h4-7H,3,8-9H2,1-2H3,(H,28,33). The van der Waals surface area contributed by atoms with Gasteiger partial charge >= 0.3 is 18.4 Å². The number of hydrogen-bond donors (Lipinski definition) is 1. The zero-order chi connectivity index (χ0) is 25.4. The van der Waals surface area contributed by atoms with E-state index in [4.69, 9.17) is 4.84 Å². The molecule has 0 radical (unpaired) electrons. The summed E-state index contributed by atoms with van der Waals surface area (Å²) in [4.78, 5) is 34.7. The SMILES string of the molecule is CCN(C(=O)Cc1c(N2OCNC2=O)cc(C(F)(F)F)cc1C(F)(F)F)c1ccc(F)c(C)n1. The Morgan fingerprint density at radius 2 is 1.85 bits per heavy atom. The molecule has 0 bridgehead atoms. The van der Waals surface area contributed by atoms with Crippen LogP contribution < -0.4 is 15.3 Å². The molecule has 1 aromatic carbocycles. The van der Waals surface area contributed by atoms with Gasteiger partial charge in [0.1, 0.15) is 18.4 Å². The number of aryl methyl sites for hydroxylation is 1. The minimum atomic E-state index is -5.30. The summed E-state index contributed by atoms with van der Waals surface area (Å²) in [5.41, 5.74) is -5.30. The van der Waals surface area contributed by atoms with E-state index in [1.165, 1.54) is 13.8 Å². The fourth-order valence-electron chi connectivity index (χ4n) is 3.30. The summed E-state index contributed by atoms with van der Waals surface area (Å²) in [5, 5.41) is 2.34. The second-order valence-electron chi connectivity index (χ2n) is 7.12. The van der Waals surface area contributed by atoms with Crippen LogP contribution in [0.3, 0.4) is 0 Å². The zero-order valence-corrected chi connectivity index (χ0v) is 17.6. The number of pyridine rings is 1. The molecule has 0 aliphatic carbocycles. The second kappa shape index (κ2) is 9.08. The van der Waals surface area contributed by atoms with Crippen molar-refractivity contribution in [3.8, 4) is 0 Å². The van der Waals surface area contributed by atoms with Gasteiger partial charge < -0.3 is 5.32 Å². The predicted molar refractivity (Wildman–Crippen MR) is 104 cm³/mol. The van der Waals surface area contributed by atoms with Gasteiger partial charge in [-0.15, -0.1) is 0 Å². The number of likely N-dealkylation sites (N-methyl/N-ethyl adjacent to an activating group) is 1. The summed E-state index contributed by atoms with van der Waals surface area (Å²) in [7, 11) is 0. The van der Waals surface area contributed by atoms with Crippen LogP contribution in [0.5, 0.6) is 0 Å². The third-order valence-corrected chi connectivity index (χ3v) is 4.91. The number of hydroxylamine groups is 1. The van der Waals surface area contributed by atoms with Crippen molar-refractivity contribution in [2.24, 2.45) is 0 Å². The summed E-state index contributed by atoms with van der Waals surface area (Å²) in [5.74, 6) is -1.72. The third-order valence-electron chi connectivity index (χ3n) is 4.91. The lowest BCUT2D eigenvalue weighted by atomic mass is 9.97. The predicted octanol–water partition coefficient (Wildman–Crippen LogP) is 4.58. The van der Waals surface area contributed by atoms with Gasteiger partial charge in [0.2, 0.25) is 5.91 Å². The highest BCUT2D eigenvalue weighted by atomic mass is 19.4. The number of anilines is 2. The average Bonchev–Trinajstić information content (AvgIpc) is 3.15. The molecule has 1 aliphatic heterocycles. The molecule has 1 aromatic heterocycles. The number of carbonyl (C=O) groups is 2. The number of aromatic nitrogens is 1. The molecule has 1 fully saturated rings. The molecule has 14 heteroatoms. The van der Waals surface area contributed by atoms with E-state index in [9.17, 15) is 40.3 Å². The molecule has 0 spiro atoms. The largest absolute Gasteiger partial charge is 0.416 e. The molecular weight excluding hydrogens is 477 g/mol. The fourth-order valence-corrected chi connectivity index (χ4v) is 3.30. The van der Waals surface area contributed by atoms with Gasteiger partial charge in [0.25, 0.3) is 0 Å². The molecule has 2 aromatic rings. The second-order valence-corrected chi connectivity index (χ2v) is 7.12. The maximum absolute atomic E-state index is 13.8. The van der Waals surface area contributed by atoms with E-state index in [2.05, 4.69) is 10.3 Å². The number of carbonyl (C=O) groups excluding carboxylic acids is 2. The number of nitrogens with one attached hydrogen (secondary N) is 1. The Morgan fingerprint density at radius 1 is 1.18 bits per heavy atom. The van der Waals surface area contributed by atoms with Crippen molar-refractivity contribution in [1.82, 2.24) is 10.3 Å². The quantitative estimate of drug-likeness (QED) is 0.618. The van der Waals surface area contributed by atoms with E-state index in [1.54, 1.807) is 0 Å². The normalized spacial score (nSPS) is 14.4. The van der Waals surface area contributed by atoms with Crippen LogP contribution in [-0.2, 0) is 28.4 Å². The van der Waals surface area contributed by atoms with Crippen LogP contribution in [-0.4, -0.2) is 30.2 Å². The maximum atomic E-state index is 13.8. The molecule has 184 valence electrons. The Morgan fingerprint density at radius 3 is 2.35 bits per heavy atom. The van der Waals surface area contributed by atoms with Gasteiger partial charge in [-0.1, -0.05) is 0 Å². The number of benzene rings is 1. The van der Waals surface area contributed by atoms with E-state index >= 15 is 0 Å². The molecule has 3 amide bonds. The topological polar surface area (TPSA) is 74.8 Å². The average molecular weight is 494 g/mol. The van der Waals surface area contributed by atoms with Gasteiger partial charge in [-0.25, -0.2) is 19.0 Å². The Labute approximate surface area is 188 Å². The van der Waals surface area contributed by atoms with Crippen LogP contribution in [0.2, 0.25) is 0 Å². The number of nitrogens with zero attached hydrogens (tertiary/aromatic N) is 3. The number of hydrogen-bond acceptors (Lipinski definition) is 4. The molecule has 0 atom stereocenters. The highest BCUT2D eigenvalue weighted by Gasteiger charge is 2.42. The van der Waals surface area contributed by atoms with Crippen molar-refractivity contribution < 1.29 is 45.2 Å². The summed E-state index contributed by atoms with van der Waals surface area (Å²) >= 11 is 0. The van der Waals surface area contributed by atoms with Crippen LogP contribution in [0.15, 0.2) is 24.3 Å². The lowest BCUT2D eigenvalue weighted by Gasteiger charge is -2.25. The number of amides is 3. The highest BCUT2D eigenvalue weighted by molar-refractivity contribution is 5.97. The molecule has 1 saturated heterocycles. The van der Waals surface area contributed by atoms with Crippen LogP contribution in [0.4, 0.5) is 47.0 Å². The van der Waals surface area contributed by atoms with Gasteiger partial charge in [-0.2, -0.15) is 31.4 Å². The van der Waals surface area contributed by atoms with E-state index in [0.29, 0.717) is 6.07 Å². The molecule has 0 saturated carbocycles. The summed E-state index contributed by atoms with van der Waals surface area (Å²) < 4.78 is 95.1. The summed E-state index contributed by atoms with van der Waals surface area (Å²) in [6.45, 7) is 2.21. The Balaban J connectivity index is 2.15. The molecule has 0 unspecified atom stereocenters. The smallest absolute Gasteiger partial charge is 0.310 e. The summed E-state index contributed by atoms with van der Waals surface area (Å²) in [6.07, 6.45) is -11.5. The summed E-state index contributed by atoms with van der Waals surface area (Å²) in [6, 6.07) is 1.22. The molecule has 1 N–H and O–H groups in total. The van der Waals surface area contributed by atoms with Crippen molar-refractivity contribution in [3.63, 3.8) is 0 Å². The first kappa shape index (κ1) is 25.2. The van der Waals surface area contributed by atoms with E-state index < -0.39 is 65.6 Å². The van der Waals surface area contributed by atoms with Crippen LogP contribution >= 0.6 is 0 Å². The zero-order valence-electron chi connectivity index (χ0n) is 17.6. The molecule has 34 heavy (non-hydrogen) atoms. The van der Waals surface area contributed by atoms with Crippen molar-refractivity contribution in [2.45, 2.75) is 32.6 Å². The van der Waals surface area contributed by atoms with Gasteiger partial charge in [-0.05, 0) is 38.1 Å². The first-order valence-corrected chi connectivity index (χ1v) is 9.69. The fraction of sp³-hybridized carbons (Fsp3) is 0.350. The molecule has 3 rings (SSSR count). The first-order chi connectivity index (χ1) is 15.7. The Kier molecular flexibility index (Phi) is 6.73. The van der Waals surface area contributed by atoms with Crippen LogP contribution in [0.25, 0.3) is 0 Å². The van der Waals surface area contributed by atoms with Crippen molar-refractivity contribution in [3.05, 3.63) is 52.5 Å². The molecule has 1 aliphatic rings. The van der Waals surface area contributed by atoms with Gasteiger partial charge in [0.15, 0.2) is 0 Å². The number of urea groups is 1. The number of rotatable bonds is 5. The lowest BCUT2D eigenvalue weighted by Crippen LogP contribution is -2.35. The molecular formula is C20H17F7N4O3. The van der Waals surface area contributed by atoms with E-state index in [1.807, 2.05) is 0 Å². The van der Waals surface area contributed by atoms with Crippen molar-refractivity contribution in [1.29, 1.82) is 0 Å². The van der Waals surface area contributed by atoms with Crippen LogP contribution in [0, 0.1) is 12.7 Å². The van der Waals surface area contributed by atoms with E-state index in [-0.39, 0.29) is 29.2 Å². The van der Waals surface area contributed by atoms with Crippen molar-refractivity contribution >= 4 is 23.4 Å². The number of alkyl halides is 6. The Hall–Kier alpha value is -3.42. The van der Waals surface area contributed by atoms with Crippen molar-refractivity contribution in [2.75, 3.05) is 23.2 Å². The first-order valence-electron chi connectivity index (χ1n) is 9.69. The highest BCUT2D eigenvalue weighted by Crippen LogP contribution is 2.42. The Bertz CT molecular complexity index is 1120. The van der Waals surface area contributed by atoms with Crippen LogP contribution in [0.1, 0.15) is 29.3 Å². The minimum Gasteiger partial charge on any atom is -0.310 e. The van der Waals surface area contributed by atoms with Gasteiger partial charge in [0.05, 0.1) is 28.9 Å². The van der Waals surface area contributed by atoms with Gasteiger partial charge in [-0.3, -0.25) is 9.69 Å².